The van der Waals surface area contributed by atoms with Crippen LogP contribution in [-0.2, 0) is 0 Å². The molecule has 0 unspecified atom stereocenters. The summed E-state index contributed by atoms with van der Waals surface area (Å²) in [5.74, 6) is 0.407. The lowest BCUT2D eigenvalue weighted by Gasteiger charge is -2.09. The maximum atomic E-state index is 11.4. The smallest absolute Gasteiger partial charge is 0.160 e. The molecular weight excluding hydrogens is 172 g/mol. The molecule has 2 rings (SSSR count). The highest BCUT2D eigenvalue weighted by atomic mass is 16.1. The van der Waals surface area contributed by atoms with E-state index < -0.39 is 0 Å². The average molecular weight is 184 g/mol. The molecule has 1 aliphatic carbocycles. The van der Waals surface area contributed by atoms with Crippen molar-refractivity contribution in [2.24, 2.45) is 0 Å². The normalized spacial score (nSPS) is 14.9. The molecule has 1 aromatic carbocycles. The topological polar surface area (TPSA) is 17.1 Å². The molecule has 1 nitrogen and oxygen atoms in total. The first kappa shape index (κ1) is 8.95. The predicted molar refractivity (Wildman–Crippen MR) is 57.5 cm³/mol. The van der Waals surface area contributed by atoms with E-state index in [1.54, 1.807) is 6.92 Å². The molecule has 0 bridgehead atoms. The van der Waals surface area contributed by atoms with Crippen LogP contribution in [0.1, 0.15) is 28.8 Å². The quantitative estimate of drug-likeness (QED) is 0.645. The van der Waals surface area contributed by atoms with Crippen LogP contribution >= 0.6 is 0 Å². The first-order valence-corrected chi connectivity index (χ1v) is 4.74. The van der Waals surface area contributed by atoms with Gasteiger partial charge in [0.15, 0.2) is 5.78 Å². The first-order valence-electron chi connectivity index (χ1n) is 4.74. The first-order chi connectivity index (χ1) is 6.79. The highest BCUT2D eigenvalue weighted by molar-refractivity contribution is 5.95. The lowest BCUT2D eigenvalue weighted by atomic mass is 9.94. The van der Waals surface area contributed by atoms with Crippen LogP contribution in [0.3, 0.4) is 0 Å². The molecule has 1 aromatic rings. The summed E-state index contributed by atoms with van der Waals surface area (Å²) >= 11 is 0. The zero-order valence-corrected chi connectivity index (χ0v) is 8.10. The lowest BCUT2D eigenvalue weighted by molar-refractivity contribution is 0.101. The number of carbonyl (C=O) groups excluding carboxylic acids is 1. The number of benzene rings is 1. The summed E-state index contributed by atoms with van der Waals surface area (Å²) < 4.78 is 0. The standard InChI is InChI=1S/C13H12O/c1-10(14)12-8-4-5-9-13(12)11-6-2-3-7-11/h2-9,11H,1H3. The molecule has 0 aromatic heterocycles. The Morgan fingerprint density at radius 1 is 1.14 bits per heavy atom. The van der Waals surface area contributed by atoms with Gasteiger partial charge in [-0.15, -0.1) is 0 Å². The lowest BCUT2D eigenvalue weighted by Crippen LogP contribution is -2.01. The zero-order chi connectivity index (χ0) is 9.97. The van der Waals surface area contributed by atoms with Gasteiger partial charge < -0.3 is 0 Å². The largest absolute Gasteiger partial charge is 0.295 e. The van der Waals surface area contributed by atoms with Crippen molar-refractivity contribution in [3.05, 3.63) is 59.7 Å². The summed E-state index contributed by atoms with van der Waals surface area (Å²) in [5.41, 5.74) is 1.93. The van der Waals surface area contributed by atoms with Crippen molar-refractivity contribution in [2.75, 3.05) is 0 Å². The molecule has 0 spiro atoms. The van der Waals surface area contributed by atoms with Gasteiger partial charge in [0, 0.05) is 11.5 Å². The number of hydrogen-bond acceptors (Lipinski definition) is 1. The monoisotopic (exact) mass is 184 g/mol. The summed E-state index contributed by atoms with van der Waals surface area (Å²) in [5, 5.41) is 0. The van der Waals surface area contributed by atoms with Crippen LogP contribution in [0.2, 0.25) is 0 Å². The van der Waals surface area contributed by atoms with Gasteiger partial charge >= 0.3 is 0 Å². The molecule has 14 heavy (non-hydrogen) atoms. The van der Waals surface area contributed by atoms with Crippen LogP contribution in [0.15, 0.2) is 48.6 Å². The second kappa shape index (κ2) is 3.62. The molecule has 0 radical (unpaired) electrons. The highest BCUT2D eigenvalue weighted by Crippen LogP contribution is 2.26. The number of ketones is 1. The van der Waals surface area contributed by atoms with Crippen LogP contribution < -0.4 is 0 Å². The van der Waals surface area contributed by atoms with Crippen molar-refractivity contribution in [1.82, 2.24) is 0 Å². The van der Waals surface area contributed by atoms with Crippen molar-refractivity contribution in [3.8, 4) is 0 Å². The molecule has 0 saturated carbocycles. The van der Waals surface area contributed by atoms with Crippen molar-refractivity contribution in [1.29, 1.82) is 0 Å². The number of carbonyl (C=O) groups is 1. The molecule has 0 saturated heterocycles. The van der Waals surface area contributed by atoms with Gasteiger partial charge in [-0.3, -0.25) is 4.79 Å². The number of allylic oxidation sites excluding steroid dienone is 4. The molecule has 0 N–H and O–H groups in total. The van der Waals surface area contributed by atoms with Gasteiger partial charge in [0.2, 0.25) is 0 Å². The Balaban J connectivity index is 2.46. The van der Waals surface area contributed by atoms with Crippen LogP contribution in [0.25, 0.3) is 0 Å². The van der Waals surface area contributed by atoms with E-state index in [9.17, 15) is 4.79 Å². The number of hydrogen-bond donors (Lipinski definition) is 0. The van der Waals surface area contributed by atoms with Gasteiger partial charge in [-0.2, -0.15) is 0 Å². The molecule has 0 amide bonds. The summed E-state index contributed by atoms with van der Waals surface area (Å²) in [4.78, 5) is 11.4. The van der Waals surface area contributed by atoms with Gasteiger partial charge in [-0.25, -0.2) is 0 Å². The van der Waals surface area contributed by atoms with Gasteiger partial charge in [-0.05, 0) is 12.5 Å². The molecule has 1 aliphatic rings. The van der Waals surface area contributed by atoms with E-state index in [-0.39, 0.29) is 11.7 Å². The average Bonchev–Trinajstić information content (AvgIpc) is 2.70. The fourth-order valence-electron chi connectivity index (χ4n) is 1.75. The van der Waals surface area contributed by atoms with Crippen LogP contribution in [0.4, 0.5) is 0 Å². The van der Waals surface area contributed by atoms with Gasteiger partial charge in [0.05, 0.1) is 0 Å². The summed E-state index contributed by atoms with van der Waals surface area (Å²) in [7, 11) is 0. The highest BCUT2D eigenvalue weighted by Gasteiger charge is 2.13. The second-order valence-electron chi connectivity index (χ2n) is 3.44. The second-order valence-corrected chi connectivity index (χ2v) is 3.44. The number of Topliss-reactive ketones (excluding diaryl/α,β-unsaturated/α-hetero) is 1. The van der Waals surface area contributed by atoms with Crippen LogP contribution in [0.5, 0.6) is 0 Å². The molecule has 1 heteroatoms. The Bertz CT molecular complexity index is 401. The predicted octanol–water partition coefficient (Wildman–Crippen LogP) is 3.10. The van der Waals surface area contributed by atoms with Crippen molar-refractivity contribution < 1.29 is 4.79 Å². The Labute approximate surface area is 83.8 Å². The Hall–Kier alpha value is -1.63. The van der Waals surface area contributed by atoms with Gasteiger partial charge in [-0.1, -0.05) is 48.6 Å². The van der Waals surface area contributed by atoms with E-state index in [4.69, 9.17) is 0 Å². The fourth-order valence-corrected chi connectivity index (χ4v) is 1.75. The van der Waals surface area contributed by atoms with E-state index in [1.807, 2.05) is 36.4 Å². The molecule has 0 atom stereocenters. The van der Waals surface area contributed by atoms with E-state index in [0.29, 0.717) is 0 Å². The summed E-state index contributed by atoms with van der Waals surface area (Å²) in [6, 6.07) is 7.78. The maximum absolute atomic E-state index is 11.4. The third-order valence-electron chi connectivity index (χ3n) is 2.45. The molecule has 0 heterocycles. The summed E-state index contributed by atoms with van der Waals surface area (Å²) in [6.45, 7) is 1.61. The molecule has 0 fully saturated rings. The molecule has 70 valence electrons. The van der Waals surface area contributed by atoms with Crippen LogP contribution in [-0.4, -0.2) is 5.78 Å². The van der Waals surface area contributed by atoms with Gasteiger partial charge in [0.1, 0.15) is 0 Å². The van der Waals surface area contributed by atoms with E-state index in [1.165, 1.54) is 0 Å². The third-order valence-corrected chi connectivity index (χ3v) is 2.45. The van der Waals surface area contributed by atoms with Crippen molar-refractivity contribution in [3.63, 3.8) is 0 Å². The summed E-state index contributed by atoms with van der Waals surface area (Å²) in [6.07, 6.45) is 8.23. The minimum absolute atomic E-state index is 0.134. The third kappa shape index (κ3) is 1.53. The van der Waals surface area contributed by atoms with Gasteiger partial charge in [0.25, 0.3) is 0 Å². The van der Waals surface area contributed by atoms with E-state index >= 15 is 0 Å². The zero-order valence-electron chi connectivity index (χ0n) is 8.10. The fraction of sp³-hybridized carbons (Fsp3) is 0.154. The number of rotatable bonds is 2. The van der Waals surface area contributed by atoms with E-state index in [2.05, 4.69) is 12.2 Å². The Morgan fingerprint density at radius 3 is 2.43 bits per heavy atom. The maximum Gasteiger partial charge on any atom is 0.160 e. The molecular formula is C13H12O. The van der Waals surface area contributed by atoms with Crippen LogP contribution in [0, 0.1) is 0 Å². The Morgan fingerprint density at radius 2 is 1.79 bits per heavy atom. The van der Waals surface area contributed by atoms with Crippen molar-refractivity contribution >= 4 is 5.78 Å². The minimum Gasteiger partial charge on any atom is -0.295 e. The Kier molecular flexibility index (Phi) is 2.32. The SMILES string of the molecule is CC(=O)c1ccccc1C1C=CC=C1. The molecule has 0 aliphatic heterocycles. The van der Waals surface area contributed by atoms with E-state index in [0.717, 1.165) is 11.1 Å². The minimum atomic E-state index is 0.134. The van der Waals surface area contributed by atoms with Crippen molar-refractivity contribution in [2.45, 2.75) is 12.8 Å².